The number of nitrogens with zero attached hydrogens (tertiary/aromatic N) is 6. The van der Waals surface area contributed by atoms with Gasteiger partial charge in [0.25, 0.3) is 5.91 Å². The van der Waals surface area contributed by atoms with E-state index in [1.807, 2.05) is 13.8 Å². The number of nitriles is 1. The second-order valence-electron chi connectivity index (χ2n) is 7.52. The number of ether oxygens (including phenoxy) is 1. The van der Waals surface area contributed by atoms with Crippen molar-refractivity contribution in [3.05, 3.63) is 64.6 Å². The molecule has 1 aliphatic rings. The van der Waals surface area contributed by atoms with Crippen molar-refractivity contribution in [3.63, 3.8) is 0 Å². The van der Waals surface area contributed by atoms with Crippen LogP contribution in [0.15, 0.2) is 42.9 Å². The predicted octanol–water partition coefficient (Wildman–Crippen LogP) is 3.57. The number of likely N-dealkylation sites (tertiary alicyclic amines) is 1. The van der Waals surface area contributed by atoms with Crippen molar-refractivity contribution in [2.45, 2.75) is 38.8 Å². The number of rotatable bonds is 4. The molecule has 1 saturated heterocycles. The van der Waals surface area contributed by atoms with Gasteiger partial charge in [0, 0.05) is 17.3 Å². The third-order valence-corrected chi connectivity index (χ3v) is 5.67. The first-order valence-electron chi connectivity index (χ1n) is 9.97. The quantitative estimate of drug-likeness (QED) is 0.620. The fraction of sp³-hybridized carbons (Fsp3) is 0.318. The maximum absolute atomic E-state index is 13.5. The number of amides is 1. The van der Waals surface area contributed by atoms with E-state index in [0.29, 0.717) is 34.3 Å². The van der Waals surface area contributed by atoms with Gasteiger partial charge in [0.2, 0.25) is 5.88 Å². The van der Waals surface area contributed by atoms with E-state index in [1.54, 1.807) is 47.8 Å². The van der Waals surface area contributed by atoms with Crippen LogP contribution in [0.1, 0.15) is 41.3 Å². The van der Waals surface area contributed by atoms with Crippen molar-refractivity contribution in [3.8, 4) is 17.6 Å². The Bertz CT molecular complexity index is 1140. The molecule has 9 heteroatoms. The Morgan fingerprint density at radius 2 is 2.00 bits per heavy atom. The van der Waals surface area contributed by atoms with Crippen molar-refractivity contribution >= 4 is 17.5 Å². The van der Waals surface area contributed by atoms with Crippen LogP contribution in [0.25, 0.3) is 5.69 Å². The fourth-order valence-electron chi connectivity index (χ4n) is 3.72. The second kappa shape index (κ2) is 8.74. The molecule has 0 bridgehead atoms. The number of pyridine rings is 1. The van der Waals surface area contributed by atoms with Crippen molar-refractivity contribution in [1.82, 2.24) is 24.9 Å². The summed E-state index contributed by atoms with van der Waals surface area (Å²) in [6.45, 7) is 4.24. The number of aryl methyl sites for hydroxylation is 1. The number of carbonyl (C=O) groups is 1. The summed E-state index contributed by atoms with van der Waals surface area (Å²) >= 11 is 6.16. The summed E-state index contributed by atoms with van der Waals surface area (Å²) in [5.41, 5.74) is 2.20. The average molecular weight is 437 g/mol. The number of benzene rings is 1. The van der Waals surface area contributed by atoms with E-state index in [9.17, 15) is 10.1 Å². The molecular formula is C22H21ClN6O2. The second-order valence-corrected chi connectivity index (χ2v) is 7.96. The topological polar surface area (TPSA) is 96.9 Å². The van der Waals surface area contributed by atoms with Crippen LogP contribution in [0.3, 0.4) is 0 Å². The number of hydrogen-bond donors (Lipinski definition) is 0. The van der Waals surface area contributed by atoms with E-state index < -0.39 is 0 Å². The smallest absolute Gasteiger partial charge is 0.256 e. The molecule has 31 heavy (non-hydrogen) atoms. The molecule has 1 aliphatic heterocycles. The van der Waals surface area contributed by atoms with Gasteiger partial charge in [-0.15, -0.1) is 0 Å². The number of piperidine rings is 1. The van der Waals surface area contributed by atoms with E-state index in [1.165, 1.54) is 4.80 Å². The maximum Gasteiger partial charge on any atom is 0.256 e. The minimum absolute atomic E-state index is 0.0300. The lowest BCUT2D eigenvalue weighted by Crippen LogP contribution is -2.49. The molecule has 0 N–H and O–H groups in total. The average Bonchev–Trinajstić information content (AvgIpc) is 3.30. The molecule has 1 amide bonds. The molecule has 2 aromatic heterocycles. The first-order valence-corrected chi connectivity index (χ1v) is 10.3. The molecule has 8 nitrogen and oxygen atoms in total. The van der Waals surface area contributed by atoms with Crippen molar-refractivity contribution in [2.75, 3.05) is 6.54 Å². The Balaban J connectivity index is 1.60. The Morgan fingerprint density at radius 3 is 2.74 bits per heavy atom. The highest BCUT2D eigenvalue weighted by atomic mass is 35.5. The molecule has 1 fully saturated rings. The van der Waals surface area contributed by atoms with Gasteiger partial charge in [-0.3, -0.25) is 4.79 Å². The standard InChI is InChI=1S/C22H21ClN6O2/c1-14-7-8-25-21(19(14)12-24)31-17-5-3-15(2)28(13-17)22(30)18-6-4-16(23)11-20(18)29-26-9-10-27-29/h4,6-11,15,17H,3,5,13H2,1-2H3/t15-,17-/m1/s1. The molecule has 1 aromatic carbocycles. The third kappa shape index (κ3) is 4.23. The van der Waals surface area contributed by atoms with Gasteiger partial charge in [-0.25, -0.2) is 4.98 Å². The van der Waals surface area contributed by atoms with E-state index in [0.717, 1.165) is 18.4 Å². The highest BCUT2D eigenvalue weighted by molar-refractivity contribution is 6.31. The minimum Gasteiger partial charge on any atom is -0.472 e. The highest BCUT2D eigenvalue weighted by Gasteiger charge is 2.32. The zero-order valence-electron chi connectivity index (χ0n) is 17.2. The molecular weight excluding hydrogens is 416 g/mol. The molecule has 0 radical (unpaired) electrons. The summed E-state index contributed by atoms with van der Waals surface area (Å²) in [7, 11) is 0. The van der Waals surface area contributed by atoms with Gasteiger partial charge in [0.05, 0.1) is 30.2 Å². The van der Waals surface area contributed by atoms with Gasteiger partial charge in [-0.1, -0.05) is 11.6 Å². The molecule has 4 rings (SSSR count). The number of carbonyl (C=O) groups excluding carboxylic acids is 1. The Labute approximate surface area is 185 Å². The fourth-order valence-corrected chi connectivity index (χ4v) is 3.88. The van der Waals surface area contributed by atoms with Crippen molar-refractivity contribution in [1.29, 1.82) is 5.26 Å². The molecule has 3 aromatic rings. The van der Waals surface area contributed by atoms with Gasteiger partial charge < -0.3 is 9.64 Å². The SMILES string of the molecule is Cc1ccnc(O[C@@H]2CC[C@@H](C)N(C(=O)c3ccc(Cl)cc3-n3nccn3)C2)c1C#N. The van der Waals surface area contributed by atoms with Gasteiger partial charge in [-0.2, -0.15) is 20.3 Å². The van der Waals surface area contributed by atoms with E-state index >= 15 is 0 Å². The molecule has 0 unspecified atom stereocenters. The molecule has 3 heterocycles. The maximum atomic E-state index is 13.5. The molecule has 0 spiro atoms. The summed E-state index contributed by atoms with van der Waals surface area (Å²) in [6, 6.07) is 9.00. The molecule has 0 aliphatic carbocycles. The molecule has 0 saturated carbocycles. The summed E-state index contributed by atoms with van der Waals surface area (Å²) < 4.78 is 6.07. The van der Waals surface area contributed by atoms with E-state index in [4.69, 9.17) is 16.3 Å². The normalized spacial score (nSPS) is 18.5. The molecule has 2 atom stereocenters. The minimum atomic E-state index is -0.264. The first kappa shape index (κ1) is 20.8. The van der Waals surface area contributed by atoms with Crippen molar-refractivity contribution in [2.24, 2.45) is 0 Å². The largest absolute Gasteiger partial charge is 0.472 e. The van der Waals surface area contributed by atoms with Crippen LogP contribution < -0.4 is 4.74 Å². The Kier molecular flexibility index (Phi) is 5.87. The van der Waals surface area contributed by atoms with Crippen LogP contribution >= 0.6 is 11.6 Å². The lowest BCUT2D eigenvalue weighted by Gasteiger charge is -2.38. The number of aromatic nitrogens is 4. The molecule has 158 valence electrons. The van der Waals surface area contributed by atoms with E-state index in [-0.39, 0.29) is 18.1 Å². The highest BCUT2D eigenvalue weighted by Crippen LogP contribution is 2.27. The predicted molar refractivity (Wildman–Crippen MR) is 114 cm³/mol. The summed E-state index contributed by atoms with van der Waals surface area (Å²) in [5.74, 6) is 0.157. The summed E-state index contributed by atoms with van der Waals surface area (Å²) in [6.07, 6.45) is 5.98. The van der Waals surface area contributed by atoms with Crippen LogP contribution in [0, 0.1) is 18.3 Å². The zero-order chi connectivity index (χ0) is 22.0. The van der Waals surface area contributed by atoms with Crippen LogP contribution in [-0.4, -0.2) is 49.5 Å². The number of halogens is 1. The Morgan fingerprint density at radius 1 is 1.23 bits per heavy atom. The first-order chi connectivity index (χ1) is 15.0. The van der Waals surface area contributed by atoms with Crippen LogP contribution in [-0.2, 0) is 0 Å². The Hall–Kier alpha value is -3.44. The summed E-state index contributed by atoms with van der Waals surface area (Å²) in [5, 5.41) is 18.2. The van der Waals surface area contributed by atoms with Gasteiger partial charge >= 0.3 is 0 Å². The van der Waals surface area contributed by atoms with Crippen LogP contribution in [0.2, 0.25) is 5.02 Å². The van der Waals surface area contributed by atoms with Crippen LogP contribution in [0.5, 0.6) is 5.88 Å². The van der Waals surface area contributed by atoms with Crippen molar-refractivity contribution < 1.29 is 9.53 Å². The lowest BCUT2D eigenvalue weighted by atomic mass is 9.99. The number of hydrogen-bond acceptors (Lipinski definition) is 6. The van der Waals surface area contributed by atoms with Gasteiger partial charge in [0.15, 0.2) is 0 Å². The third-order valence-electron chi connectivity index (χ3n) is 5.44. The lowest BCUT2D eigenvalue weighted by molar-refractivity contribution is 0.0371. The van der Waals surface area contributed by atoms with Gasteiger partial charge in [-0.05, 0) is 56.5 Å². The summed E-state index contributed by atoms with van der Waals surface area (Å²) in [4.78, 5) is 20.9. The monoisotopic (exact) mass is 436 g/mol. The zero-order valence-corrected chi connectivity index (χ0v) is 18.0. The van der Waals surface area contributed by atoms with Gasteiger partial charge in [0.1, 0.15) is 17.7 Å². The van der Waals surface area contributed by atoms with Crippen LogP contribution in [0.4, 0.5) is 0 Å². The van der Waals surface area contributed by atoms with E-state index in [2.05, 4.69) is 21.3 Å².